The second kappa shape index (κ2) is 9.50. The van der Waals surface area contributed by atoms with E-state index in [1.165, 1.54) is 0 Å². The monoisotopic (exact) mass is 257 g/mol. The van der Waals surface area contributed by atoms with E-state index >= 15 is 0 Å². The molecular weight excluding hydrogens is 230 g/mol. The maximum atomic E-state index is 9.68. The molecule has 0 saturated heterocycles. The van der Waals surface area contributed by atoms with Gasteiger partial charge in [0.1, 0.15) is 0 Å². The van der Waals surface area contributed by atoms with Gasteiger partial charge in [0.15, 0.2) is 0 Å². The average Bonchev–Trinajstić information content (AvgIpc) is 2.37. The molecular formula is C14H27NO3. The Morgan fingerprint density at radius 3 is 2.89 bits per heavy atom. The molecule has 3 atom stereocenters. The molecule has 0 aromatic rings. The Morgan fingerprint density at radius 1 is 1.39 bits per heavy atom. The molecule has 3 unspecified atom stereocenters. The van der Waals surface area contributed by atoms with Gasteiger partial charge in [-0.1, -0.05) is 19.1 Å². The molecule has 1 aliphatic carbocycles. The molecule has 0 heterocycles. The number of nitrogens with one attached hydrogen (secondary N) is 1. The summed E-state index contributed by atoms with van der Waals surface area (Å²) in [6, 6.07) is 0. The molecule has 0 saturated carbocycles. The predicted molar refractivity (Wildman–Crippen MR) is 72.4 cm³/mol. The van der Waals surface area contributed by atoms with Crippen LogP contribution in [-0.4, -0.2) is 49.2 Å². The summed E-state index contributed by atoms with van der Waals surface area (Å²) in [5.41, 5.74) is 0. The summed E-state index contributed by atoms with van der Waals surface area (Å²) in [4.78, 5) is 0. The van der Waals surface area contributed by atoms with Gasteiger partial charge in [-0.25, -0.2) is 0 Å². The van der Waals surface area contributed by atoms with Crippen molar-refractivity contribution >= 4 is 0 Å². The van der Waals surface area contributed by atoms with Crippen LogP contribution in [0.1, 0.15) is 26.2 Å². The van der Waals surface area contributed by atoms with E-state index in [0.29, 0.717) is 25.0 Å². The van der Waals surface area contributed by atoms with E-state index in [2.05, 4.69) is 24.4 Å². The Labute approximate surface area is 110 Å². The van der Waals surface area contributed by atoms with Crippen molar-refractivity contribution in [2.45, 2.75) is 32.3 Å². The Morgan fingerprint density at radius 2 is 2.17 bits per heavy atom. The van der Waals surface area contributed by atoms with E-state index in [-0.39, 0.29) is 6.61 Å². The number of hydrogen-bond acceptors (Lipinski definition) is 4. The van der Waals surface area contributed by atoms with Crippen molar-refractivity contribution in [3.8, 4) is 0 Å². The first kappa shape index (κ1) is 15.6. The van der Waals surface area contributed by atoms with Gasteiger partial charge in [0.05, 0.1) is 19.3 Å². The second-order valence-electron chi connectivity index (χ2n) is 5.15. The summed E-state index contributed by atoms with van der Waals surface area (Å²) in [6.07, 6.45) is 6.95. The molecule has 0 aromatic carbocycles. The molecule has 1 rings (SSSR count). The van der Waals surface area contributed by atoms with Crippen molar-refractivity contribution in [1.82, 2.24) is 5.32 Å². The minimum atomic E-state index is -0.460. The van der Waals surface area contributed by atoms with Crippen LogP contribution in [0.25, 0.3) is 0 Å². The first-order valence-electron chi connectivity index (χ1n) is 6.96. The lowest BCUT2D eigenvalue weighted by molar-refractivity contribution is 0.0128. The van der Waals surface area contributed by atoms with Crippen LogP contribution >= 0.6 is 0 Å². The van der Waals surface area contributed by atoms with Crippen molar-refractivity contribution in [2.75, 3.05) is 32.9 Å². The van der Waals surface area contributed by atoms with E-state index in [1.807, 2.05) is 0 Å². The third-order valence-corrected chi connectivity index (χ3v) is 3.45. The third-order valence-electron chi connectivity index (χ3n) is 3.45. The molecule has 0 spiro atoms. The Hall–Kier alpha value is -0.420. The van der Waals surface area contributed by atoms with E-state index in [1.54, 1.807) is 0 Å². The summed E-state index contributed by atoms with van der Waals surface area (Å²) in [6.45, 7) is 4.83. The standard InChI is InChI=1S/C14H27NO3/c1-12-5-2-3-6-13(12)10-18-11-14(17)9-15-7-4-8-16/h2-3,12-17H,4-11H2,1H3. The normalized spacial score (nSPS) is 25.3. The molecule has 1 aliphatic rings. The Bertz CT molecular complexity index is 233. The van der Waals surface area contributed by atoms with Gasteiger partial charge >= 0.3 is 0 Å². The summed E-state index contributed by atoms with van der Waals surface area (Å²) < 4.78 is 5.59. The molecule has 4 nitrogen and oxygen atoms in total. The van der Waals surface area contributed by atoms with Crippen molar-refractivity contribution in [2.24, 2.45) is 11.8 Å². The molecule has 0 aromatic heterocycles. The van der Waals surface area contributed by atoms with Gasteiger partial charge in [0, 0.05) is 13.2 Å². The largest absolute Gasteiger partial charge is 0.396 e. The highest BCUT2D eigenvalue weighted by Crippen LogP contribution is 2.24. The van der Waals surface area contributed by atoms with Crippen LogP contribution in [0.4, 0.5) is 0 Å². The van der Waals surface area contributed by atoms with Crippen LogP contribution < -0.4 is 5.32 Å². The molecule has 4 heteroatoms. The fraction of sp³-hybridized carbons (Fsp3) is 0.857. The van der Waals surface area contributed by atoms with Gasteiger partial charge in [0.2, 0.25) is 0 Å². The summed E-state index contributed by atoms with van der Waals surface area (Å²) in [7, 11) is 0. The molecule has 0 fully saturated rings. The quantitative estimate of drug-likeness (QED) is 0.425. The summed E-state index contributed by atoms with van der Waals surface area (Å²) in [5.74, 6) is 1.26. The fourth-order valence-corrected chi connectivity index (χ4v) is 2.13. The van der Waals surface area contributed by atoms with Crippen LogP contribution in [0.3, 0.4) is 0 Å². The van der Waals surface area contributed by atoms with Crippen LogP contribution in [0.2, 0.25) is 0 Å². The van der Waals surface area contributed by atoms with Crippen LogP contribution in [0.15, 0.2) is 12.2 Å². The highest BCUT2D eigenvalue weighted by molar-refractivity contribution is 4.93. The van der Waals surface area contributed by atoms with Crippen LogP contribution in [0, 0.1) is 11.8 Å². The zero-order valence-corrected chi connectivity index (χ0v) is 11.3. The number of ether oxygens (including phenoxy) is 1. The third kappa shape index (κ3) is 6.50. The topological polar surface area (TPSA) is 61.7 Å². The minimum Gasteiger partial charge on any atom is -0.396 e. The first-order valence-corrected chi connectivity index (χ1v) is 6.96. The highest BCUT2D eigenvalue weighted by Gasteiger charge is 2.18. The molecule has 0 radical (unpaired) electrons. The summed E-state index contributed by atoms with van der Waals surface area (Å²) in [5, 5.41) is 21.4. The van der Waals surface area contributed by atoms with Crippen molar-refractivity contribution in [3.05, 3.63) is 12.2 Å². The smallest absolute Gasteiger partial charge is 0.0897 e. The lowest BCUT2D eigenvalue weighted by atomic mass is 9.85. The highest BCUT2D eigenvalue weighted by atomic mass is 16.5. The van der Waals surface area contributed by atoms with Gasteiger partial charge in [-0.15, -0.1) is 0 Å². The SMILES string of the molecule is CC1CC=CCC1COCC(O)CNCCCO. The summed E-state index contributed by atoms with van der Waals surface area (Å²) >= 11 is 0. The second-order valence-corrected chi connectivity index (χ2v) is 5.15. The van der Waals surface area contributed by atoms with Gasteiger partial charge in [-0.3, -0.25) is 0 Å². The van der Waals surface area contributed by atoms with E-state index in [0.717, 1.165) is 32.4 Å². The molecule has 0 bridgehead atoms. The number of rotatable bonds is 9. The zero-order valence-electron chi connectivity index (χ0n) is 11.3. The molecule has 0 aliphatic heterocycles. The zero-order chi connectivity index (χ0) is 13.2. The van der Waals surface area contributed by atoms with Gasteiger partial charge in [-0.2, -0.15) is 0 Å². The predicted octanol–water partition coefficient (Wildman–Crippen LogP) is 0.938. The van der Waals surface area contributed by atoms with Crippen molar-refractivity contribution < 1.29 is 14.9 Å². The van der Waals surface area contributed by atoms with E-state index < -0.39 is 6.10 Å². The number of hydrogen-bond donors (Lipinski definition) is 3. The fourth-order valence-electron chi connectivity index (χ4n) is 2.13. The lowest BCUT2D eigenvalue weighted by Crippen LogP contribution is -2.32. The lowest BCUT2D eigenvalue weighted by Gasteiger charge is -2.25. The van der Waals surface area contributed by atoms with Crippen LogP contribution in [0.5, 0.6) is 0 Å². The number of aliphatic hydroxyl groups excluding tert-OH is 2. The molecule has 0 amide bonds. The van der Waals surface area contributed by atoms with Crippen LogP contribution in [-0.2, 0) is 4.74 Å². The molecule has 18 heavy (non-hydrogen) atoms. The molecule has 106 valence electrons. The van der Waals surface area contributed by atoms with Crippen molar-refractivity contribution in [3.63, 3.8) is 0 Å². The number of allylic oxidation sites excluding steroid dienone is 2. The van der Waals surface area contributed by atoms with Crippen molar-refractivity contribution in [1.29, 1.82) is 0 Å². The van der Waals surface area contributed by atoms with Gasteiger partial charge < -0.3 is 20.3 Å². The number of aliphatic hydroxyl groups is 2. The maximum absolute atomic E-state index is 9.68. The van der Waals surface area contributed by atoms with Gasteiger partial charge in [0.25, 0.3) is 0 Å². The van der Waals surface area contributed by atoms with E-state index in [4.69, 9.17) is 9.84 Å². The Balaban J connectivity index is 2.01. The maximum Gasteiger partial charge on any atom is 0.0897 e. The van der Waals surface area contributed by atoms with E-state index in [9.17, 15) is 5.11 Å². The Kier molecular flexibility index (Phi) is 8.25. The minimum absolute atomic E-state index is 0.187. The molecule has 3 N–H and O–H groups in total. The van der Waals surface area contributed by atoms with Gasteiger partial charge in [-0.05, 0) is 37.6 Å². The first-order chi connectivity index (χ1) is 8.74. The average molecular weight is 257 g/mol.